The number of nitrogens with zero attached hydrogens (tertiary/aromatic N) is 1. The van der Waals surface area contributed by atoms with Crippen LogP contribution in [0.5, 0.6) is 0 Å². The van der Waals surface area contributed by atoms with E-state index in [0.717, 1.165) is 13.2 Å². The van der Waals surface area contributed by atoms with Crippen LogP contribution in [0, 0.1) is 0 Å². The van der Waals surface area contributed by atoms with Crippen LogP contribution in [0.3, 0.4) is 0 Å². The van der Waals surface area contributed by atoms with Gasteiger partial charge in [0.15, 0.2) is 0 Å². The molecule has 3 unspecified atom stereocenters. The summed E-state index contributed by atoms with van der Waals surface area (Å²) in [6.07, 6.45) is 4.22. The molecule has 2 saturated heterocycles. The van der Waals surface area contributed by atoms with Crippen molar-refractivity contribution in [1.29, 1.82) is 0 Å². The predicted molar refractivity (Wildman–Crippen MR) is 62.1 cm³/mol. The number of rotatable bonds is 3. The van der Waals surface area contributed by atoms with Crippen molar-refractivity contribution in [1.82, 2.24) is 10.2 Å². The molecular weight excluding hydrogens is 188 g/mol. The fraction of sp³-hybridized carbons (Fsp3) is 1.00. The lowest BCUT2D eigenvalue weighted by Gasteiger charge is -2.39. The molecule has 0 aromatic rings. The Bertz CT molecular complexity index is 192. The van der Waals surface area contributed by atoms with Crippen molar-refractivity contribution in [3.63, 3.8) is 0 Å². The Hall–Kier alpha value is -0.120. The molecule has 0 saturated carbocycles. The fourth-order valence-electron chi connectivity index (χ4n) is 2.71. The molecule has 0 amide bonds. The maximum absolute atomic E-state index is 5.77. The highest BCUT2D eigenvalue weighted by Crippen LogP contribution is 2.20. The van der Waals surface area contributed by atoms with Gasteiger partial charge in [0.25, 0.3) is 0 Å². The second kappa shape index (κ2) is 5.28. The van der Waals surface area contributed by atoms with Crippen LogP contribution in [0.25, 0.3) is 0 Å². The maximum Gasteiger partial charge on any atom is 0.0728 e. The Labute approximate surface area is 93.2 Å². The lowest BCUT2D eigenvalue weighted by atomic mass is 10.0. The summed E-state index contributed by atoms with van der Waals surface area (Å²) in [4.78, 5) is 2.60. The van der Waals surface area contributed by atoms with Crippen molar-refractivity contribution in [3.05, 3.63) is 0 Å². The Morgan fingerprint density at radius 1 is 1.53 bits per heavy atom. The van der Waals surface area contributed by atoms with Crippen LogP contribution >= 0.6 is 0 Å². The molecule has 3 atom stereocenters. The molecule has 0 aliphatic carbocycles. The standard InChI is InChI=1S/C12H24N2O/c1-3-11-9-14(7-6-13-11)10(2)12-5-4-8-15-12/h10-13H,3-9H2,1-2H3. The topological polar surface area (TPSA) is 24.5 Å². The second-order valence-electron chi connectivity index (χ2n) is 4.85. The van der Waals surface area contributed by atoms with Crippen molar-refractivity contribution >= 4 is 0 Å². The third kappa shape index (κ3) is 2.71. The van der Waals surface area contributed by atoms with E-state index in [1.807, 2.05) is 0 Å². The van der Waals surface area contributed by atoms with Crippen molar-refractivity contribution in [2.45, 2.75) is 51.3 Å². The summed E-state index contributed by atoms with van der Waals surface area (Å²) in [5, 5.41) is 3.56. The molecule has 2 aliphatic rings. The fourth-order valence-corrected chi connectivity index (χ4v) is 2.71. The van der Waals surface area contributed by atoms with Crippen LogP contribution in [0.4, 0.5) is 0 Å². The summed E-state index contributed by atoms with van der Waals surface area (Å²) in [6, 6.07) is 1.28. The molecule has 3 nitrogen and oxygen atoms in total. The summed E-state index contributed by atoms with van der Waals surface area (Å²) in [5.74, 6) is 0. The molecule has 0 spiro atoms. The number of piperazine rings is 1. The van der Waals surface area contributed by atoms with Crippen LogP contribution in [0.15, 0.2) is 0 Å². The molecule has 2 fully saturated rings. The smallest absolute Gasteiger partial charge is 0.0728 e. The number of hydrogen-bond acceptors (Lipinski definition) is 3. The zero-order valence-electron chi connectivity index (χ0n) is 10.0. The molecule has 3 heteroatoms. The van der Waals surface area contributed by atoms with Crippen molar-refractivity contribution in [2.75, 3.05) is 26.2 Å². The van der Waals surface area contributed by atoms with Gasteiger partial charge in [-0.3, -0.25) is 4.90 Å². The molecule has 1 N–H and O–H groups in total. The number of ether oxygens (including phenoxy) is 1. The first-order valence-corrected chi connectivity index (χ1v) is 6.40. The first-order valence-electron chi connectivity index (χ1n) is 6.40. The third-order valence-electron chi connectivity index (χ3n) is 3.86. The van der Waals surface area contributed by atoms with Crippen LogP contribution in [-0.2, 0) is 4.74 Å². The van der Waals surface area contributed by atoms with Gasteiger partial charge < -0.3 is 10.1 Å². The number of hydrogen-bond donors (Lipinski definition) is 1. The van der Waals surface area contributed by atoms with E-state index < -0.39 is 0 Å². The summed E-state index contributed by atoms with van der Waals surface area (Å²) in [6.45, 7) is 9.06. The highest BCUT2D eigenvalue weighted by Gasteiger charge is 2.29. The van der Waals surface area contributed by atoms with Gasteiger partial charge in [-0.1, -0.05) is 6.92 Å². The van der Waals surface area contributed by atoms with E-state index in [4.69, 9.17) is 4.74 Å². The van der Waals surface area contributed by atoms with Crippen molar-refractivity contribution in [3.8, 4) is 0 Å². The normalized spacial score (nSPS) is 35.6. The summed E-state index contributed by atoms with van der Waals surface area (Å²) in [7, 11) is 0. The third-order valence-corrected chi connectivity index (χ3v) is 3.86. The summed E-state index contributed by atoms with van der Waals surface area (Å²) in [5.41, 5.74) is 0. The molecule has 0 radical (unpaired) electrons. The molecule has 2 heterocycles. The lowest BCUT2D eigenvalue weighted by molar-refractivity contribution is 0.0196. The zero-order chi connectivity index (χ0) is 10.7. The van der Waals surface area contributed by atoms with Gasteiger partial charge >= 0.3 is 0 Å². The highest BCUT2D eigenvalue weighted by atomic mass is 16.5. The van der Waals surface area contributed by atoms with Crippen molar-refractivity contribution < 1.29 is 4.74 Å². The van der Waals surface area contributed by atoms with E-state index in [9.17, 15) is 0 Å². The summed E-state index contributed by atoms with van der Waals surface area (Å²) >= 11 is 0. The van der Waals surface area contributed by atoms with E-state index in [2.05, 4.69) is 24.1 Å². The minimum absolute atomic E-state index is 0.487. The number of nitrogens with one attached hydrogen (secondary N) is 1. The predicted octanol–water partition coefficient (Wildman–Crippen LogP) is 1.24. The first kappa shape index (κ1) is 11.4. The quantitative estimate of drug-likeness (QED) is 0.762. The largest absolute Gasteiger partial charge is 0.377 e. The average molecular weight is 212 g/mol. The Morgan fingerprint density at radius 2 is 2.40 bits per heavy atom. The Morgan fingerprint density at radius 3 is 3.07 bits per heavy atom. The van der Waals surface area contributed by atoms with Gasteiger partial charge in [0.05, 0.1) is 6.10 Å². The van der Waals surface area contributed by atoms with E-state index >= 15 is 0 Å². The Kier molecular flexibility index (Phi) is 4.00. The van der Waals surface area contributed by atoms with Gasteiger partial charge in [-0.2, -0.15) is 0 Å². The molecule has 2 aliphatic heterocycles. The van der Waals surface area contributed by atoms with Crippen molar-refractivity contribution in [2.24, 2.45) is 0 Å². The van der Waals surface area contributed by atoms with Crippen LogP contribution in [0.1, 0.15) is 33.1 Å². The van der Waals surface area contributed by atoms with E-state index in [-0.39, 0.29) is 0 Å². The van der Waals surface area contributed by atoms with Gasteiger partial charge in [0, 0.05) is 38.3 Å². The van der Waals surface area contributed by atoms with Gasteiger partial charge in [-0.15, -0.1) is 0 Å². The molecule has 0 aromatic heterocycles. The molecule has 88 valence electrons. The lowest BCUT2D eigenvalue weighted by Crippen LogP contribution is -2.55. The van der Waals surface area contributed by atoms with Crippen LogP contribution in [-0.4, -0.2) is 49.3 Å². The van der Waals surface area contributed by atoms with Gasteiger partial charge in [0.2, 0.25) is 0 Å². The van der Waals surface area contributed by atoms with Gasteiger partial charge in [0.1, 0.15) is 0 Å². The maximum atomic E-state index is 5.77. The van der Waals surface area contributed by atoms with E-state index in [1.165, 1.54) is 32.4 Å². The van der Waals surface area contributed by atoms with Crippen LogP contribution < -0.4 is 5.32 Å². The Balaban J connectivity index is 1.85. The zero-order valence-corrected chi connectivity index (χ0v) is 10.0. The van der Waals surface area contributed by atoms with Gasteiger partial charge in [-0.05, 0) is 26.2 Å². The minimum atomic E-state index is 0.487. The van der Waals surface area contributed by atoms with Gasteiger partial charge in [-0.25, -0.2) is 0 Å². The first-order chi connectivity index (χ1) is 7.31. The molecular formula is C12H24N2O. The molecule has 15 heavy (non-hydrogen) atoms. The summed E-state index contributed by atoms with van der Waals surface area (Å²) < 4.78 is 5.77. The monoisotopic (exact) mass is 212 g/mol. The molecule has 2 rings (SSSR count). The molecule has 0 bridgehead atoms. The second-order valence-corrected chi connectivity index (χ2v) is 4.85. The molecule has 0 aromatic carbocycles. The SMILES string of the molecule is CCC1CN(C(C)C2CCCO2)CCN1. The van der Waals surface area contributed by atoms with E-state index in [1.54, 1.807) is 0 Å². The average Bonchev–Trinajstić information content (AvgIpc) is 2.81. The van der Waals surface area contributed by atoms with E-state index in [0.29, 0.717) is 18.2 Å². The highest BCUT2D eigenvalue weighted by molar-refractivity contribution is 4.85. The van der Waals surface area contributed by atoms with Crippen LogP contribution in [0.2, 0.25) is 0 Å². The minimum Gasteiger partial charge on any atom is -0.377 e.